The third-order valence-corrected chi connectivity index (χ3v) is 5.84. The van der Waals surface area contributed by atoms with Gasteiger partial charge in [-0.25, -0.2) is 4.39 Å². The molecule has 0 bridgehead atoms. The van der Waals surface area contributed by atoms with Crippen LogP contribution >= 0.6 is 11.6 Å². The second-order valence-electron chi connectivity index (χ2n) is 7.46. The molecule has 2 aromatic carbocycles. The first kappa shape index (κ1) is 21.8. The maximum Gasteiger partial charge on any atom is 0.252 e. The number of methoxy groups -OCH3 is 1. The molecule has 32 heavy (non-hydrogen) atoms. The van der Waals surface area contributed by atoms with Crippen LogP contribution in [0.3, 0.4) is 0 Å². The van der Waals surface area contributed by atoms with E-state index in [1.54, 1.807) is 17.0 Å². The van der Waals surface area contributed by atoms with Gasteiger partial charge in [-0.2, -0.15) is 0 Å². The molecular weight excluding hydrogens is 437 g/mol. The minimum atomic E-state index is -0.771. The maximum atomic E-state index is 15.0. The predicted octanol–water partition coefficient (Wildman–Crippen LogP) is 4.09. The van der Waals surface area contributed by atoms with Crippen molar-refractivity contribution in [1.29, 1.82) is 0 Å². The van der Waals surface area contributed by atoms with E-state index in [4.69, 9.17) is 26.8 Å². The number of carbonyl (C=O) groups is 2. The Kier molecular flexibility index (Phi) is 6.14. The number of halogens is 2. The molecule has 3 aromatic rings. The van der Waals surface area contributed by atoms with Crippen molar-refractivity contribution >= 4 is 34.3 Å². The highest BCUT2D eigenvalue weighted by atomic mass is 35.5. The second-order valence-corrected chi connectivity index (χ2v) is 7.84. The van der Waals surface area contributed by atoms with Crippen molar-refractivity contribution in [2.45, 2.75) is 19.3 Å². The number of hydrogen-bond donors (Lipinski definition) is 1. The summed E-state index contributed by atoms with van der Waals surface area (Å²) in [6.45, 7) is 1.43. The summed E-state index contributed by atoms with van der Waals surface area (Å²) in [5.41, 5.74) is 6.46. The van der Waals surface area contributed by atoms with Crippen molar-refractivity contribution in [1.82, 2.24) is 9.88 Å². The van der Waals surface area contributed by atoms with Crippen LogP contribution in [0.25, 0.3) is 10.9 Å². The van der Waals surface area contributed by atoms with E-state index in [2.05, 4.69) is 4.98 Å². The van der Waals surface area contributed by atoms with E-state index in [1.807, 2.05) is 0 Å². The predicted molar refractivity (Wildman–Crippen MR) is 118 cm³/mol. The summed E-state index contributed by atoms with van der Waals surface area (Å²) in [6.07, 6.45) is 3.47. The summed E-state index contributed by atoms with van der Waals surface area (Å²) in [5, 5.41) is 0.291. The fraction of sp³-hybridized carbons (Fsp3) is 0.261. The van der Waals surface area contributed by atoms with Gasteiger partial charge < -0.3 is 20.1 Å². The molecule has 1 aromatic heterocycles. The molecular formula is C23H21ClFN3O4. The maximum absolute atomic E-state index is 15.0. The Morgan fingerprint density at radius 2 is 1.91 bits per heavy atom. The van der Waals surface area contributed by atoms with E-state index in [-0.39, 0.29) is 40.2 Å². The standard InChI is InChI=1S/C23H21ClFN3O4/c1-31-19-12-16-14(11-15(19)23(26)30)17(6-7-27-16)32-18-5-4-13(21(24)22(18)25)10-20(29)28-8-2-3-9-28/h4-7,11-12H,2-3,8-10H2,1H3,(H2,26,30). The van der Waals surface area contributed by atoms with Crippen molar-refractivity contribution < 1.29 is 23.5 Å². The molecule has 9 heteroatoms. The third-order valence-electron chi connectivity index (χ3n) is 5.44. The molecule has 0 radical (unpaired) electrons. The molecule has 1 aliphatic rings. The van der Waals surface area contributed by atoms with Gasteiger partial charge in [0, 0.05) is 30.7 Å². The summed E-state index contributed by atoms with van der Waals surface area (Å²) < 4.78 is 26.0. The molecule has 2 N–H and O–H groups in total. The van der Waals surface area contributed by atoms with Gasteiger partial charge in [-0.05, 0) is 36.6 Å². The van der Waals surface area contributed by atoms with Crippen LogP contribution in [0.2, 0.25) is 5.02 Å². The minimum Gasteiger partial charge on any atom is -0.496 e. The number of rotatable bonds is 6. The lowest BCUT2D eigenvalue weighted by Gasteiger charge is -2.16. The van der Waals surface area contributed by atoms with Gasteiger partial charge in [0.2, 0.25) is 5.91 Å². The largest absolute Gasteiger partial charge is 0.496 e. The average Bonchev–Trinajstić information content (AvgIpc) is 3.33. The number of fused-ring (bicyclic) bond motifs is 1. The van der Waals surface area contributed by atoms with Crippen molar-refractivity contribution in [2.24, 2.45) is 5.73 Å². The van der Waals surface area contributed by atoms with Gasteiger partial charge in [-0.3, -0.25) is 14.6 Å². The molecule has 0 spiro atoms. The highest BCUT2D eigenvalue weighted by Gasteiger charge is 2.22. The molecule has 0 unspecified atom stereocenters. The first-order chi connectivity index (χ1) is 15.4. The average molecular weight is 458 g/mol. The highest BCUT2D eigenvalue weighted by Crippen LogP contribution is 2.36. The quantitative estimate of drug-likeness (QED) is 0.601. The Morgan fingerprint density at radius 3 is 2.59 bits per heavy atom. The monoisotopic (exact) mass is 457 g/mol. The Labute approximate surface area is 188 Å². The fourth-order valence-electron chi connectivity index (χ4n) is 3.75. The van der Waals surface area contributed by atoms with E-state index in [1.165, 1.54) is 31.5 Å². The molecule has 7 nitrogen and oxygen atoms in total. The lowest BCUT2D eigenvalue weighted by molar-refractivity contribution is -0.129. The summed E-state index contributed by atoms with van der Waals surface area (Å²) in [7, 11) is 1.42. The number of primary amides is 1. The van der Waals surface area contributed by atoms with E-state index in [0.29, 0.717) is 29.6 Å². The smallest absolute Gasteiger partial charge is 0.252 e. The molecule has 1 aliphatic heterocycles. The van der Waals surface area contributed by atoms with E-state index < -0.39 is 11.7 Å². The van der Waals surface area contributed by atoms with Crippen LogP contribution in [0.5, 0.6) is 17.2 Å². The number of ether oxygens (including phenoxy) is 2. The van der Waals surface area contributed by atoms with Gasteiger partial charge in [0.15, 0.2) is 11.6 Å². The Balaban J connectivity index is 1.65. The molecule has 166 valence electrons. The normalized spacial score (nSPS) is 13.4. The van der Waals surface area contributed by atoms with Crippen LogP contribution in [0, 0.1) is 5.82 Å². The highest BCUT2D eigenvalue weighted by molar-refractivity contribution is 6.31. The van der Waals surface area contributed by atoms with Gasteiger partial charge >= 0.3 is 0 Å². The van der Waals surface area contributed by atoms with Crippen LogP contribution in [-0.2, 0) is 11.2 Å². The summed E-state index contributed by atoms with van der Waals surface area (Å²) in [4.78, 5) is 30.2. The Bertz CT molecular complexity index is 1210. The van der Waals surface area contributed by atoms with Crippen LogP contribution < -0.4 is 15.2 Å². The molecule has 2 amide bonds. The molecule has 1 fully saturated rings. The SMILES string of the molecule is COc1cc2nccc(Oc3ccc(CC(=O)N4CCCC4)c(Cl)c3F)c2cc1C(N)=O. The zero-order valence-electron chi connectivity index (χ0n) is 17.4. The van der Waals surface area contributed by atoms with Crippen LogP contribution in [-0.4, -0.2) is 41.9 Å². The van der Waals surface area contributed by atoms with Gasteiger partial charge in [0.05, 0.1) is 29.6 Å². The lowest BCUT2D eigenvalue weighted by Crippen LogP contribution is -2.29. The summed E-state index contributed by atoms with van der Waals surface area (Å²) in [5.74, 6) is -1.11. The first-order valence-electron chi connectivity index (χ1n) is 10.1. The number of aromatic nitrogens is 1. The lowest BCUT2D eigenvalue weighted by atomic mass is 10.1. The zero-order chi connectivity index (χ0) is 22.8. The van der Waals surface area contributed by atoms with Crippen molar-refractivity contribution in [3.63, 3.8) is 0 Å². The van der Waals surface area contributed by atoms with Gasteiger partial charge in [-0.1, -0.05) is 17.7 Å². The number of amides is 2. The third kappa shape index (κ3) is 4.18. The van der Waals surface area contributed by atoms with Crippen molar-refractivity contribution in [3.05, 3.63) is 58.5 Å². The summed E-state index contributed by atoms with van der Waals surface area (Å²) >= 11 is 6.22. The fourth-order valence-corrected chi connectivity index (χ4v) is 3.97. The molecule has 0 atom stereocenters. The molecule has 0 aliphatic carbocycles. The second kappa shape index (κ2) is 9.00. The number of likely N-dealkylation sites (tertiary alicyclic amines) is 1. The Morgan fingerprint density at radius 1 is 1.16 bits per heavy atom. The first-order valence-corrected chi connectivity index (χ1v) is 10.5. The number of benzene rings is 2. The van der Waals surface area contributed by atoms with Crippen LogP contribution in [0.1, 0.15) is 28.8 Å². The minimum absolute atomic E-state index is 0.0238. The Hall–Kier alpha value is -3.39. The van der Waals surface area contributed by atoms with Gasteiger partial charge in [-0.15, -0.1) is 0 Å². The van der Waals surface area contributed by atoms with Crippen LogP contribution in [0.15, 0.2) is 36.5 Å². The van der Waals surface area contributed by atoms with Crippen LogP contribution in [0.4, 0.5) is 4.39 Å². The topological polar surface area (TPSA) is 94.8 Å². The zero-order valence-corrected chi connectivity index (χ0v) is 18.1. The molecule has 2 heterocycles. The van der Waals surface area contributed by atoms with E-state index in [0.717, 1.165) is 12.8 Å². The number of pyridine rings is 1. The van der Waals surface area contributed by atoms with E-state index in [9.17, 15) is 9.59 Å². The number of nitrogens with zero attached hydrogens (tertiary/aromatic N) is 2. The molecule has 0 saturated carbocycles. The number of nitrogens with two attached hydrogens (primary N) is 1. The summed E-state index contributed by atoms with van der Waals surface area (Å²) in [6, 6.07) is 7.59. The van der Waals surface area contributed by atoms with Crippen molar-refractivity contribution in [3.8, 4) is 17.2 Å². The molecule has 1 saturated heterocycles. The van der Waals surface area contributed by atoms with Crippen molar-refractivity contribution in [2.75, 3.05) is 20.2 Å². The van der Waals surface area contributed by atoms with Gasteiger partial charge in [0.1, 0.15) is 11.5 Å². The number of carbonyl (C=O) groups excluding carboxylic acids is 2. The number of hydrogen-bond acceptors (Lipinski definition) is 5. The molecule has 4 rings (SSSR count). The van der Waals surface area contributed by atoms with E-state index >= 15 is 4.39 Å². The van der Waals surface area contributed by atoms with Gasteiger partial charge in [0.25, 0.3) is 5.91 Å².